The highest BCUT2D eigenvalue weighted by Crippen LogP contribution is 2.24. The number of hydrogen-bond acceptors (Lipinski definition) is 1. The van der Waals surface area contributed by atoms with E-state index in [0.29, 0.717) is 15.7 Å². The minimum Gasteiger partial charge on any atom is -0.321 e. The Bertz CT molecular complexity index is 640. The number of aryl methyl sites for hydroxylation is 2. The fourth-order valence-electron chi connectivity index (χ4n) is 1.85. The molecule has 0 aliphatic heterocycles. The number of hydrogen-bond donors (Lipinski definition) is 1. The van der Waals surface area contributed by atoms with Crippen LogP contribution in [0.15, 0.2) is 40.9 Å². The second-order valence-corrected chi connectivity index (χ2v) is 5.25. The molecule has 0 atom stereocenters. The first kappa shape index (κ1) is 13.7. The molecule has 0 bridgehead atoms. The number of halogens is 2. The van der Waals surface area contributed by atoms with E-state index in [4.69, 9.17) is 0 Å². The molecule has 0 spiro atoms. The molecule has 0 heterocycles. The van der Waals surface area contributed by atoms with Crippen LogP contribution >= 0.6 is 15.9 Å². The van der Waals surface area contributed by atoms with Gasteiger partial charge in [-0.1, -0.05) is 17.7 Å². The molecule has 0 aliphatic carbocycles. The van der Waals surface area contributed by atoms with Gasteiger partial charge >= 0.3 is 0 Å². The standard InChI is InChI=1S/C15H13BrFNO/c1-9-3-5-12(10(2)7-9)15(19)18-14-8-11(17)4-6-13(14)16/h3-8H,1-2H3,(H,18,19). The third kappa shape index (κ3) is 3.20. The Morgan fingerprint density at radius 2 is 1.89 bits per heavy atom. The van der Waals surface area contributed by atoms with Crippen molar-refractivity contribution in [2.45, 2.75) is 13.8 Å². The third-order valence-electron chi connectivity index (χ3n) is 2.80. The van der Waals surface area contributed by atoms with Crippen molar-refractivity contribution in [1.82, 2.24) is 0 Å². The lowest BCUT2D eigenvalue weighted by molar-refractivity contribution is 0.102. The second-order valence-electron chi connectivity index (χ2n) is 4.40. The Balaban J connectivity index is 2.28. The fourth-order valence-corrected chi connectivity index (χ4v) is 2.20. The second kappa shape index (κ2) is 5.53. The van der Waals surface area contributed by atoms with Crippen LogP contribution in [0.2, 0.25) is 0 Å². The summed E-state index contributed by atoms with van der Waals surface area (Å²) >= 11 is 3.28. The Kier molecular flexibility index (Phi) is 4.00. The molecule has 98 valence electrons. The molecule has 19 heavy (non-hydrogen) atoms. The van der Waals surface area contributed by atoms with Crippen LogP contribution in [-0.2, 0) is 0 Å². The van der Waals surface area contributed by atoms with Crippen LogP contribution < -0.4 is 5.32 Å². The molecule has 1 amide bonds. The molecule has 0 aliphatic rings. The van der Waals surface area contributed by atoms with Gasteiger partial charge in [-0.3, -0.25) is 4.79 Å². The van der Waals surface area contributed by atoms with E-state index in [2.05, 4.69) is 21.2 Å². The summed E-state index contributed by atoms with van der Waals surface area (Å²) in [6.45, 7) is 3.85. The lowest BCUT2D eigenvalue weighted by Crippen LogP contribution is -2.14. The zero-order valence-electron chi connectivity index (χ0n) is 10.6. The van der Waals surface area contributed by atoms with Crippen molar-refractivity contribution in [2.24, 2.45) is 0 Å². The van der Waals surface area contributed by atoms with Gasteiger partial charge in [-0.2, -0.15) is 0 Å². The zero-order valence-corrected chi connectivity index (χ0v) is 12.2. The molecule has 1 N–H and O–H groups in total. The monoisotopic (exact) mass is 321 g/mol. The molecule has 2 aromatic carbocycles. The first-order valence-corrected chi connectivity index (χ1v) is 6.60. The van der Waals surface area contributed by atoms with Gasteiger partial charge < -0.3 is 5.32 Å². The van der Waals surface area contributed by atoms with E-state index >= 15 is 0 Å². The Labute approximate surface area is 119 Å². The lowest BCUT2D eigenvalue weighted by atomic mass is 10.1. The molecular weight excluding hydrogens is 309 g/mol. The van der Waals surface area contributed by atoms with Crippen LogP contribution in [0.25, 0.3) is 0 Å². The maximum atomic E-state index is 13.2. The predicted molar refractivity (Wildman–Crippen MR) is 78.0 cm³/mol. The Morgan fingerprint density at radius 1 is 1.16 bits per heavy atom. The van der Waals surface area contributed by atoms with Crippen molar-refractivity contribution in [2.75, 3.05) is 5.32 Å². The maximum absolute atomic E-state index is 13.2. The molecule has 4 heteroatoms. The smallest absolute Gasteiger partial charge is 0.255 e. The van der Waals surface area contributed by atoms with Crippen LogP contribution in [0.1, 0.15) is 21.5 Å². The molecule has 0 saturated carbocycles. The fraction of sp³-hybridized carbons (Fsp3) is 0.133. The number of carbonyl (C=O) groups is 1. The Hall–Kier alpha value is -1.68. The van der Waals surface area contributed by atoms with Gasteiger partial charge in [-0.25, -0.2) is 4.39 Å². The number of carbonyl (C=O) groups excluding carboxylic acids is 1. The summed E-state index contributed by atoms with van der Waals surface area (Å²) < 4.78 is 13.8. The van der Waals surface area contributed by atoms with Gasteiger partial charge in [0.15, 0.2) is 0 Å². The van der Waals surface area contributed by atoms with Gasteiger partial charge in [-0.15, -0.1) is 0 Å². The van der Waals surface area contributed by atoms with Gasteiger partial charge in [0.2, 0.25) is 0 Å². The molecular formula is C15H13BrFNO. The van der Waals surface area contributed by atoms with Crippen molar-refractivity contribution in [3.05, 3.63) is 63.4 Å². The van der Waals surface area contributed by atoms with Crippen molar-refractivity contribution < 1.29 is 9.18 Å². The van der Waals surface area contributed by atoms with E-state index in [1.54, 1.807) is 12.1 Å². The summed E-state index contributed by atoms with van der Waals surface area (Å²) in [5.41, 5.74) is 3.00. The van der Waals surface area contributed by atoms with E-state index in [-0.39, 0.29) is 11.7 Å². The average Bonchev–Trinajstić information content (AvgIpc) is 2.33. The SMILES string of the molecule is Cc1ccc(C(=O)Nc2cc(F)ccc2Br)c(C)c1. The number of nitrogens with one attached hydrogen (secondary N) is 1. The van der Waals surface area contributed by atoms with Crippen LogP contribution in [0, 0.1) is 19.7 Å². The molecule has 0 unspecified atom stereocenters. The topological polar surface area (TPSA) is 29.1 Å². The van der Waals surface area contributed by atoms with E-state index < -0.39 is 0 Å². The number of anilines is 1. The summed E-state index contributed by atoms with van der Waals surface area (Å²) in [7, 11) is 0. The van der Waals surface area contributed by atoms with E-state index in [1.807, 2.05) is 26.0 Å². The number of rotatable bonds is 2. The van der Waals surface area contributed by atoms with Crippen molar-refractivity contribution in [3.8, 4) is 0 Å². The molecule has 0 radical (unpaired) electrons. The molecule has 2 nitrogen and oxygen atoms in total. The summed E-state index contributed by atoms with van der Waals surface area (Å²) in [5, 5.41) is 2.70. The van der Waals surface area contributed by atoms with Gasteiger partial charge in [0.1, 0.15) is 5.82 Å². The minimum atomic E-state index is -0.390. The highest BCUT2D eigenvalue weighted by atomic mass is 79.9. The van der Waals surface area contributed by atoms with Crippen LogP contribution in [0.4, 0.5) is 10.1 Å². The summed E-state index contributed by atoms with van der Waals surface area (Å²) in [6.07, 6.45) is 0. The largest absolute Gasteiger partial charge is 0.321 e. The highest BCUT2D eigenvalue weighted by Gasteiger charge is 2.11. The first-order chi connectivity index (χ1) is 8.97. The molecule has 2 rings (SSSR count). The van der Waals surface area contributed by atoms with Crippen molar-refractivity contribution in [1.29, 1.82) is 0 Å². The highest BCUT2D eigenvalue weighted by molar-refractivity contribution is 9.10. The van der Waals surface area contributed by atoms with Crippen LogP contribution in [0.3, 0.4) is 0 Å². The normalized spacial score (nSPS) is 10.3. The van der Waals surface area contributed by atoms with E-state index in [0.717, 1.165) is 11.1 Å². The zero-order chi connectivity index (χ0) is 14.0. The Morgan fingerprint density at radius 3 is 2.58 bits per heavy atom. The summed E-state index contributed by atoms with van der Waals surface area (Å²) in [5.74, 6) is -0.636. The molecule has 0 saturated heterocycles. The summed E-state index contributed by atoms with van der Waals surface area (Å²) in [4.78, 5) is 12.2. The number of benzene rings is 2. The summed E-state index contributed by atoms with van der Waals surface area (Å²) in [6, 6.07) is 9.76. The van der Waals surface area contributed by atoms with Crippen molar-refractivity contribution in [3.63, 3.8) is 0 Å². The molecule has 0 fully saturated rings. The van der Waals surface area contributed by atoms with Gasteiger partial charge in [0.25, 0.3) is 5.91 Å². The lowest BCUT2D eigenvalue weighted by Gasteiger charge is -2.10. The quantitative estimate of drug-likeness (QED) is 0.869. The van der Waals surface area contributed by atoms with E-state index in [1.165, 1.54) is 12.1 Å². The minimum absolute atomic E-state index is 0.246. The third-order valence-corrected chi connectivity index (χ3v) is 3.49. The predicted octanol–water partition coefficient (Wildman–Crippen LogP) is 4.46. The van der Waals surface area contributed by atoms with Gasteiger partial charge in [0.05, 0.1) is 5.69 Å². The average molecular weight is 322 g/mol. The number of amides is 1. The van der Waals surface area contributed by atoms with Crippen LogP contribution in [-0.4, -0.2) is 5.91 Å². The van der Waals surface area contributed by atoms with Gasteiger partial charge in [-0.05, 0) is 59.6 Å². The van der Waals surface area contributed by atoms with E-state index in [9.17, 15) is 9.18 Å². The van der Waals surface area contributed by atoms with Gasteiger partial charge in [0, 0.05) is 10.0 Å². The van der Waals surface area contributed by atoms with Crippen molar-refractivity contribution >= 4 is 27.5 Å². The van der Waals surface area contributed by atoms with Crippen LogP contribution in [0.5, 0.6) is 0 Å². The molecule has 2 aromatic rings. The molecule has 0 aromatic heterocycles. The first-order valence-electron chi connectivity index (χ1n) is 5.81. The maximum Gasteiger partial charge on any atom is 0.255 e.